The van der Waals surface area contributed by atoms with Crippen molar-refractivity contribution >= 4 is 75.4 Å². The summed E-state index contributed by atoms with van der Waals surface area (Å²) in [4.78, 5) is 39.2. The van der Waals surface area contributed by atoms with Crippen molar-refractivity contribution in [3.8, 4) is 11.5 Å². The molecule has 3 aromatic rings. The van der Waals surface area contributed by atoms with E-state index >= 15 is 0 Å². The van der Waals surface area contributed by atoms with Gasteiger partial charge in [0.1, 0.15) is 12.2 Å². The summed E-state index contributed by atoms with van der Waals surface area (Å²) in [6.07, 6.45) is 1.42. The predicted octanol–water partition coefficient (Wildman–Crippen LogP) is 6.16. The van der Waals surface area contributed by atoms with Crippen LogP contribution < -0.4 is 19.7 Å². The number of carbonyl (C=O) groups excluding carboxylic acids is 3. The quantitative estimate of drug-likeness (QED) is 0.199. The molecule has 1 heterocycles. The van der Waals surface area contributed by atoms with Crippen molar-refractivity contribution in [1.29, 1.82) is 0 Å². The Labute approximate surface area is 231 Å². The molecule has 0 saturated carbocycles. The summed E-state index contributed by atoms with van der Waals surface area (Å²) < 4.78 is 12.2. The summed E-state index contributed by atoms with van der Waals surface area (Å²) in [5.41, 5.74) is 2.28. The average molecular weight is 637 g/mol. The highest BCUT2D eigenvalue weighted by Crippen LogP contribution is 2.36. The van der Waals surface area contributed by atoms with E-state index in [2.05, 4.69) is 27.9 Å². The van der Waals surface area contributed by atoms with Gasteiger partial charge in [0.15, 0.2) is 11.5 Å². The Kier molecular flexibility index (Phi) is 7.87. The fourth-order valence-corrected chi connectivity index (χ4v) is 4.71. The van der Waals surface area contributed by atoms with E-state index < -0.39 is 17.8 Å². The van der Waals surface area contributed by atoms with Crippen LogP contribution in [0.15, 0.2) is 60.2 Å². The minimum Gasteiger partial charge on any atom is -0.493 e. The highest BCUT2D eigenvalue weighted by Gasteiger charge is 2.37. The number of barbiturate groups is 1. The summed E-state index contributed by atoms with van der Waals surface area (Å²) in [6, 6.07) is 14.7. The van der Waals surface area contributed by atoms with Crippen LogP contribution in [-0.2, 0) is 16.2 Å². The number of anilines is 1. The first-order chi connectivity index (χ1) is 17.2. The molecule has 1 saturated heterocycles. The van der Waals surface area contributed by atoms with Gasteiger partial charge in [-0.25, -0.2) is 9.69 Å². The zero-order valence-corrected chi connectivity index (χ0v) is 22.8. The van der Waals surface area contributed by atoms with Gasteiger partial charge in [0.25, 0.3) is 11.8 Å². The third-order valence-corrected chi connectivity index (χ3v) is 6.93. The Bertz CT molecular complexity index is 1420. The number of benzene rings is 3. The van der Waals surface area contributed by atoms with Gasteiger partial charge in [-0.2, -0.15) is 0 Å². The lowest BCUT2D eigenvalue weighted by Gasteiger charge is -2.27. The normalized spacial score (nSPS) is 14.8. The zero-order chi connectivity index (χ0) is 26.0. The van der Waals surface area contributed by atoms with Crippen molar-refractivity contribution in [3.05, 3.63) is 90.5 Å². The molecule has 0 bridgehead atoms. The van der Waals surface area contributed by atoms with Gasteiger partial charge in [-0.1, -0.05) is 47.5 Å². The molecule has 1 N–H and O–H groups in total. The van der Waals surface area contributed by atoms with Gasteiger partial charge in [-0.05, 0) is 82.6 Å². The van der Waals surface area contributed by atoms with E-state index in [0.29, 0.717) is 36.4 Å². The smallest absolute Gasteiger partial charge is 0.335 e. The summed E-state index contributed by atoms with van der Waals surface area (Å²) in [5, 5.41) is 3.12. The zero-order valence-electron chi connectivity index (χ0n) is 19.1. The first-order valence-electron chi connectivity index (χ1n) is 10.6. The highest BCUT2D eigenvalue weighted by atomic mass is 127. The predicted molar refractivity (Wildman–Crippen MR) is 147 cm³/mol. The molecule has 3 aromatic carbocycles. The number of hydrogen-bond acceptors (Lipinski definition) is 5. The molecule has 1 fully saturated rings. The molecule has 0 aliphatic carbocycles. The molecular formula is C26H19Cl2IN2O5. The second kappa shape index (κ2) is 10.9. The van der Waals surface area contributed by atoms with Crippen molar-refractivity contribution in [1.82, 2.24) is 5.32 Å². The standard InChI is InChI=1S/C26H19Cl2IN2O5/c1-14-5-3-4-6-21(14)31-25(33)17(24(32)30-26(31)34)9-16-11-20(29)23(22(12-16)35-2)36-13-15-7-8-18(27)19(28)10-15/h3-12H,13H2,1-2H3,(H,30,32,34)/b17-9+. The molecule has 10 heteroatoms. The molecule has 184 valence electrons. The van der Waals surface area contributed by atoms with Gasteiger partial charge >= 0.3 is 6.03 Å². The molecule has 7 nitrogen and oxygen atoms in total. The minimum absolute atomic E-state index is 0.180. The van der Waals surface area contributed by atoms with E-state index in [4.69, 9.17) is 32.7 Å². The minimum atomic E-state index is -0.797. The summed E-state index contributed by atoms with van der Waals surface area (Å²) in [7, 11) is 1.49. The molecule has 0 atom stereocenters. The first-order valence-corrected chi connectivity index (χ1v) is 12.4. The SMILES string of the molecule is COc1cc(/C=C2\C(=O)NC(=O)N(c3ccccc3C)C2=O)cc(I)c1OCc1ccc(Cl)c(Cl)c1. The Hall–Kier alpha value is -3.08. The third kappa shape index (κ3) is 5.35. The highest BCUT2D eigenvalue weighted by molar-refractivity contribution is 14.1. The van der Waals surface area contributed by atoms with Gasteiger partial charge < -0.3 is 9.47 Å². The fourth-order valence-electron chi connectivity index (χ4n) is 3.61. The van der Waals surface area contributed by atoms with E-state index in [9.17, 15) is 14.4 Å². The summed E-state index contributed by atoms with van der Waals surface area (Å²) >= 11 is 14.1. The van der Waals surface area contributed by atoms with Crippen LogP contribution in [0.1, 0.15) is 16.7 Å². The molecular weight excluding hydrogens is 618 g/mol. The number of halogens is 3. The second-order valence-electron chi connectivity index (χ2n) is 7.82. The fraction of sp³-hybridized carbons (Fsp3) is 0.115. The van der Waals surface area contributed by atoms with Crippen LogP contribution in [0.4, 0.5) is 10.5 Å². The summed E-state index contributed by atoms with van der Waals surface area (Å²) in [5.74, 6) is -0.595. The number of carbonyl (C=O) groups is 3. The molecule has 4 rings (SSSR count). The number of ether oxygens (including phenoxy) is 2. The maximum absolute atomic E-state index is 13.2. The van der Waals surface area contributed by atoms with E-state index in [1.807, 2.05) is 0 Å². The van der Waals surface area contributed by atoms with Crippen molar-refractivity contribution in [3.63, 3.8) is 0 Å². The number of imide groups is 2. The Balaban J connectivity index is 1.64. The molecule has 4 amide bonds. The molecule has 36 heavy (non-hydrogen) atoms. The van der Waals surface area contributed by atoms with Crippen LogP contribution in [-0.4, -0.2) is 25.0 Å². The van der Waals surface area contributed by atoms with Crippen LogP contribution in [0.2, 0.25) is 10.0 Å². The lowest BCUT2D eigenvalue weighted by molar-refractivity contribution is -0.122. The number of para-hydroxylation sites is 1. The van der Waals surface area contributed by atoms with Crippen LogP contribution in [0.3, 0.4) is 0 Å². The Morgan fingerprint density at radius 1 is 1.03 bits per heavy atom. The number of nitrogens with zero attached hydrogens (tertiary/aromatic N) is 1. The largest absolute Gasteiger partial charge is 0.493 e. The van der Waals surface area contributed by atoms with Gasteiger partial charge in [0.05, 0.1) is 26.4 Å². The van der Waals surface area contributed by atoms with E-state index in [1.165, 1.54) is 13.2 Å². The molecule has 0 spiro atoms. The van der Waals surface area contributed by atoms with Crippen LogP contribution >= 0.6 is 45.8 Å². The second-order valence-corrected chi connectivity index (χ2v) is 9.79. The molecule has 0 aromatic heterocycles. The maximum atomic E-state index is 13.2. The van der Waals surface area contributed by atoms with Gasteiger partial charge in [0, 0.05) is 0 Å². The van der Waals surface area contributed by atoms with Crippen molar-refractivity contribution in [2.45, 2.75) is 13.5 Å². The lowest BCUT2D eigenvalue weighted by Crippen LogP contribution is -2.54. The number of hydrogen-bond donors (Lipinski definition) is 1. The Morgan fingerprint density at radius 3 is 2.47 bits per heavy atom. The van der Waals surface area contributed by atoms with Crippen molar-refractivity contribution in [2.75, 3.05) is 12.0 Å². The number of rotatable bonds is 6. The Morgan fingerprint density at radius 2 is 1.78 bits per heavy atom. The van der Waals surface area contributed by atoms with Crippen LogP contribution in [0.5, 0.6) is 11.5 Å². The van der Waals surface area contributed by atoms with E-state index in [1.54, 1.807) is 61.5 Å². The summed E-state index contributed by atoms with van der Waals surface area (Å²) in [6.45, 7) is 2.00. The third-order valence-electron chi connectivity index (χ3n) is 5.39. The lowest BCUT2D eigenvalue weighted by atomic mass is 10.1. The topological polar surface area (TPSA) is 84.9 Å². The van der Waals surface area contributed by atoms with Gasteiger partial charge in [-0.3, -0.25) is 14.9 Å². The van der Waals surface area contributed by atoms with Crippen LogP contribution in [0.25, 0.3) is 6.08 Å². The van der Waals surface area contributed by atoms with Gasteiger partial charge in [-0.15, -0.1) is 0 Å². The number of nitrogens with one attached hydrogen (secondary N) is 1. The number of aryl methyl sites for hydroxylation is 1. The molecule has 0 unspecified atom stereocenters. The number of urea groups is 1. The molecule has 1 aliphatic heterocycles. The monoisotopic (exact) mass is 636 g/mol. The van der Waals surface area contributed by atoms with Gasteiger partial charge in [0.2, 0.25) is 0 Å². The number of methoxy groups -OCH3 is 1. The van der Waals surface area contributed by atoms with E-state index in [0.717, 1.165) is 16.0 Å². The van der Waals surface area contributed by atoms with Crippen LogP contribution in [0, 0.1) is 10.5 Å². The number of amides is 4. The average Bonchev–Trinajstić information content (AvgIpc) is 2.84. The van der Waals surface area contributed by atoms with Crippen molar-refractivity contribution in [2.24, 2.45) is 0 Å². The maximum Gasteiger partial charge on any atom is 0.335 e. The van der Waals surface area contributed by atoms with E-state index in [-0.39, 0.29) is 12.2 Å². The molecule has 0 radical (unpaired) electrons. The molecule has 1 aliphatic rings. The van der Waals surface area contributed by atoms with Crippen molar-refractivity contribution < 1.29 is 23.9 Å². The first kappa shape index (κ1) is 26.0.